The van der Waals surface area contributed by atoms with Gasteiger partial charge in [0.15, 0.2) is 3.78 Å². The fourth-order valence-electron chi connectivity index (χ4n) is 1.30. The second kappa shape index (κ2) is 7.07. The molecular formula is C12H13BrClFO3. The summed E-state index contributed by atoms with van der Waals surface area (Å²) in [5, 5.41) is 8.74. The van der Waals surface area contributed by atoms with Crippen molar-refractivity contribution in [1.82, 2.24) is 0 Å². The third kappa shape index (κ3) is 4.92. The van der Waals surface area contributed by atoms with Crippen LogP contribution in [0.15, 0.2) is 24.3 Å². The van der Waals surface area contributed by atoms with Crippen LogP contribution in [0.25, 0.3) is 0 Å². The minimum atomic E-state index is -1.45. The molecule has 0 radical (unpaired) electrons. The lowest BCUT2D eigenvalue weighted by Gasteiger charge is -2.14. The lowest BCUT2D eigenvalue weighted by molar-refractivity contribution is -0.137. The van der Waals surface area contributed by atoms with Crippen molar-refractivity contribution in [2.24, 2.45) is 0 Å². The van der Waals surface area contributed by atoms with Crippen LogP contribution in [0.4, 0.5) is 4.39 Å². The lowest BCUT2D eigenvalue weighted by atomic mass is 10.2. The first kappa shape index (κ1) is 15.4. The highest BCUT2D eigenvalue weighted by Gasteiger charge is 2.31. The first-order valence-electron chi connectivity index (χ1n) is 5.36. The van der Waals surface area contributed by atoms with E-state index in [9.17, 15) is 9.18 Å². The topological polar surface area (TPSA) is 46.5 Å². The molecule has 1 aromatic carbocycles. The zero-order chi connectivity index (χ0) is 13.6. The molecule has 1 rings (SSSR count). The third-order valence-electron chi connectivity index (χ3n) is 2.31. The molecule has 0 aliphatic heterocycles. The van der Waals surface area contributed by atoms with Crippen LogP contribution in [-0.4, -0.2) is 21.5 Å². The number of aliphatic carboxylic acids is 1. The van der Waals surface area contributed by atoms with Crippen molar-refractivity contribution < 1.29 is 19.0 Å². The minimum absolute atomic E-state index is 0.164. The monoisotopic (exact) mass is 338 g/mol. The maximum absolute atomic E-state index is 13.2. The van der Waals surface area contributed by atoms with Crippen LogP contribution >= 0.6 is 27.5 Å². The highest BCUT2D eigenvalue weighted by Crippen LogP contribution is 2.29. The van der Waals surface area contributed by atoms with E-state index in [1.807, 2.05) is 0 Å². The number of hydrogen-bond donors (Lipinski definition) is 1. The first-order chi connectivity index (χ1) is 8.43. The second-order valence-corrected chi connectivity index (χ2v) is 6.21. The molecule has 18 heavy (non-hydrogen) atoms. The van der Waals surface area contributed by atoms with E-state index >= 15 is 0 Å². The van der Waals surface area contributed by atoms with E-state index in [-0.39, 0.29) is 18.8 Å². The van der Waals surface area contributed by atoms with E-state index < -0.39 is 9.75 Å². The van der Waals surface area contributed by atoms with Crippen molar-refractivity contribution in [3.63, 3.8) is 0 Å². The smallest absolute Gasteiger partial charge is 0.335 e. The van der Waals surface area contributed by atoms with Crippen LogP contribution in [0.2, 0.25) is 0 Å². The van der Waals surface area contributed by atoms with Gasteiger partial charge in [0.05, 0.1) is 6.61 Å². The highest BCUT2D eigenvalue weighted by molar-refractivity contribution is 9.10. The van der Waals surface area contributed by atoms with E-state index in [0.717, 1.165) is 0 Å². The Morgan fingerprint density at radius 1 is 1.50 bits per heavy atom. The number of carboxylic acid groups (broad SMARTS) is 1. The Hall–Kier alpha value is -0.650. The average Bonchev–Trinajstić information content (AvgIpc) is 2.30. The fourth-order valence-corrected chi connectivity index (χ4v) is 1.71. The Balaban J connectivity index is 2.24. The molecule has 3 nitrogen and oxygen atoms in total. The molecule has 1 aromatic rings. The zero-order valence-corrected chi connectivity index (χ0v) is 11.9. The number of alkyl halides is 2. The molecule has 100 valence electrons. The Kier molecular flexibility index (Phi) is 6.05. The van der Waals surface area contributed by atoms with Crippen molar-refractivity contribution in [2.75, 3.05) is 6.61 Å². The Morgan fingerprint density at radius 2 is 2.17 bits per heavy atom. The molecule has 0 bridgehead atoms. The van der Waals surface area contributed by atoms with Gasteiger partial charge >= 0.3 is 5.97 Å². The predicted octanol–water partition coefficient (Wildman–Crippen LogP) is 3.54. The van der Waals surface area contributed by atoms with Crippen LogP contribution in [0.1, 0.15) is 18.4 Å². The highest BCUT2D eigenvalue weighted by atomic mass is 79.9. The number of benzene rings is 1. The summed E-state index contributed by atoms with van der Waals surface area (Å²) in [6, 6.07) is 6.35. The second-order valence-electron chi connectivity index (χ2n) is 3.76. The van der Waals surface area contributed by atoms with Crippen molar-refractivity contribution in [2.45, 2.75) is 23.2 Å². The molecule has 0 aliphatic rings. The number of ether oxygens (including phenoxy) is 1. The van der Waals surface area contributed by atoms with Crippen LogP contribution in [0, 0.1) is 5.82 Å². The molecule has 6 heteroatoms. The first-order valence-corrected chi connectivity index (χ1v) is 6.53. The van der Waals surface area contributed by atoms with Crippen molar-refractivity contribution in [3.05, 3.63) is 35.6 Å². The molecule has 0 aliphatic carbocycles. The van der Waals surface area contributed by atoms with Crippen molar-refractivity contribution in [3.8, 4) is 0 Å². The molecule has 1 unspecified atom stereocenters. The summed E-state index contributed by atoms with van der Waals surface area (Å²) in [6.07, 6.45) is 0.691. The minimum Gasteiger partial charge on any atom is -0.479 e. The molecule has 0 heterocycles. The van der Waals surface area contributed by atoms with Gasteiger partial charge in [0.25, 0.3) is 0 Å². The van der Waals surface area contributed by atoms with E-state index in [2.05, 4.69) is 15.9 Å². The Bertz CT molecular complexity index is 412. The molecule has 0 amide bonds. The summed E-state index contributed by atoms with van der Waals surface area (Å²) in [5.41, 5.74) is 0.478. The largest absolute Gasteiger partial charge is 0.479 e. The summed E-state index contributed by atoms with van der Waals surface area (Å²) in [7, 11) is 0. The lowest BCUT2D eigenvalue weighted by Crippen LogP contribution is -2.25. The summed E-state index contributed by atoms with van der Waals surface area (Å²) >= 11 is 8.60. The molecule has 0 aromatic heterocycles. The molecule has 1 N–H and O–H groups in total. The quantitative estimate of drug-likeness (QED) is 0.610. The summed E-state index contributed by atoms with van der Waals surface area (Å²) in [6.45, 7) is 0.485. The SMILES string of the molecule is O=C(O)C(Cl)(Br)CCCOCc1ccccc1F. The third-order valence-corrected chi connectivity index (χ3v) is 3.39. The predicted molar refractivity (Wildman–Crippen MR) is 70.4 cm³/mol. The van der Waals surface area contributed by atoms with Gasteiger partial charge in [0.1, 0.15) is 5.82 Å². The number of rotatable bonds is 7. The van der Waals surface area contributed by atoms with E-state index in [0.29, 0.717) is 18.6 Å². The molecule has 1 atom stereocenters. The number of hydrogen-bond acceptors (Lipinski definition) is 2. The van der Waals surface area contributed by atoms with Crippen molar-refractivity contribution >= 4 is 33.5 Å². The van der Waals surface area contributed by atoms with Gasteiger partial charge < -0.3 is 9.84 Å². The molecule has 0 spiro atoms. The van der Waals surface area contributed by atoms with E-state index in [4.69, 9.17) is 21.4 Å². The zero-order valence-electron chi connectivity index (χ0n) is 9.54. The maximum Gasteiger partial charge on any atom is 0.335 e. The Morgan fingerprint density at radius 3 is 2.78 bits per heavy atom. The average molecular weight is 340 g/mol. The molecule has 0 fully saturated rings. The van der Waals surface area contributed by atoms with E-state index in [1.165, 1.54) is 6.07 Å². The van der Waals surface area contributed by atoms with Gasteiger partial charge in [-0.1, -0.05) is 45.7 Å². The van der Waals surface area contributed by atoms with Gasteiger partial charge in [-0.2, -0.15) is 0 Å². The van der Waals surface area contributed by atoms with Gasteiger partial charge in [0.2, 0.25) is 0 Å². The maximum atomic E-state index is 13.2. The number of carboxylic acids is 1. The van der Waals surface area contributed by atoms with Crippen LogP contribution in [0.3, 0.4) is 0 Å². The normalized spacial score (nSPS) is 14.2. The summed E-state index contributed by atoms with van der Waals surface area (Å²) in [4.78, 5) is 10.7. The van der Waals surface area contributed by atoms with Gasteiger partial charge in [-0.15, -0.1) is 0 Å². The van der Waals surface area contributed by atoms with E-state index in [1.54, 1.807) is 18.2 Å². The number of carbonyl (C=O) groups is 1. The van der Waals surface area contributed by atoms with Crippen LogP contribution in [-0.2, 0) is 16.1 Å². The fraction of sp³-hybridized carbons (Fsp3) is 0.417. The Labute approximate surface area is 118 Å². The summed E-state index contributed by atoms with van der Waals surface area (Å²) in [5.74, 6) is -1.44. The number of halogens is 3. The van der Waals surface area contributed by atoms with Crippen molar-refractivity contribution in [1.29, 1.82) is 0 Å². The van der Waals surface area contributed by atoms with Gasteiger partial charge in [-0.3, -0.25) is 0 Å². The van der Waals surface area contributed by atoms with Gasteiger partial charge in [0, 0.05) is 12.2 Å². The summed E-state index contributed by atoms with van der Waals surface area (Å²) < 4.78 is 17.0. The van der Waals surface area contributed by atoms with Gasteiger partial charge in [-0.05, 0) is 18.9 Å². The van der Waals surface area contributed by atoms with Gasteiger partial charge in [-0.25, -0.2) is 9.18 Å². The molecule has 0 saturated carbocycles. The molecule has 0 saturated heterocycles. The molecular weight excluding hydrogens is 326 g/mol. The van der Waals surface area contributed by atoms with Crippen LogP contribution < -0.4 is 0 Å². The standard InChI is InChI=1S/C12H13BrClFO3/c13-12(14,11(16)17)6-3-7-18-8-9-4-1-2-5-10(9)15/h1-2,4-5H,3,6-8H2,(H,16,17). The van der Waals surface area contributed by atoms with Crippen LogP contribution in [0.5, 0.6) is 0 Å².